The van der Waals surface area contributed by atoms with Crippen LogP contribution in [0.4, 0.5) is 0 Å². The number of nitrogens with two attached hydrogens (primary N) is 2. The van der Waals surface area contributed by atoms with Crippen molar-refractivity contribution in [1.82, 2.24) is 0 Å². The van der Waals surface area contributed by atoms with E-state index in [0.29, 0.717) is 0 Å². The minimum atomic E-state index is 0. The normalized spacial score (nSPS) is 1.50. The van der Waals surface area contributed by atoms with Crippen molar-refractivity contribution in [3.63, 3.8) is 0 Å². The first-order chi connectivity index (χ1) is 1.00. The van der Waals surface area contributed by atoms with Crippen LogP contribution in [0.2, 0.25) is 0 Å². The molecule has 0 aliphatic rings. The van der Waals surface area contributed by atoms with Crippen LogP contribution in [0.5, 0.6) is 0 Å². The van der Waals surface area contributed by atoms with Crippen LogP contribution in [-0.4, -0.2) is 59.1 Å². The molecule has 4 heavy (non-hydrogen) atoms. The Bertz CT molecular complexity index is 4.00. The predicted octanol–water partition coefficient (Wildman–Crippen LogP) is -1.94. The largest absolute Gasteiger partial charge is 0.274 e. The maximum atomic E-state index is 4.00. The molecule has 0 heterocycles. The molecular formula is H4N2Na2. The third-order valence-corrected chi connectivity index (χ3v) is 0. The van der Waals surface area contributed by atoms with Crippen LogP contribution in [0, 0.1) is 0 Å². The van der Waals surface area contributed by atoms with Gasteiger partial charge in [-0.15, -0.1) is 0 Å². The van der Waals surface area contributed by atoms with Gasteiger partial charge in [0.2, 0.25) is 0 Å². The van der Waals surface area contributed by atoms with Gasteiger partial charge in [0.05, 0.1) is 0 Å². The summed E-state index contributed by atoms with van der Waals surface area (Å²) in [4.78, 5) is 0. The van der Waals surface area contributed by atoms with Gasteiger partial charge in [-0.25, -0.2) is 0 Å². The smallest absolute Gasteiger partial charge is 0 e. The van der Waals surface area contributed by atoms with E-state index in [4.69, 9.17) is 0 Å². The van der Waals surface area contributed by atoms with Crippen molar-refractivity contribution in [1.29, 1.82) is 0 Å². The van der Waals surface area contributed by atoms with Crippen molar-refractivity contribution in [2.24, 2.45) is 11.7 Å². The number of hydrogen-bond acceptors (Lipinski definition) is 2. The second kappa shape index (κ2) is 20.5. The molecular weight excluding hydrogens is 74.0 g/mol. The van der Waals surface area contributed by atoms with Crippen LogP contribution in [0.25, 0.3) is 0 Å². The van der Waals surface area contributed by atoms with Gasteiger partial charge in [-0.3, -0.25) is 11.7 Å². The Morgan fingerprint density at radius 1 is 0.750 bits per heavy atom. The van der Waals surface area contributed by atoms with E-state index in [-0.39, 0.29) is 59.1 Å². The van der Waals surface area contributed by atoms with Crippen molar-refractivity contribution in [3.8, 4) is 0 Å². The van der Waals surface area contributed by atoms with Gasteiger partial charge in [0.15, 0.2) is 0 Å². The van der Waals surface area contributed by atoms with Crippen LogP contribution in [0.15, 0.2) is 0 Å². The molecule has 0 saturated heterocycles. The molecule has 0 aromatic carbocycles. The molecule has 0 aliphatic carbocycles. The summed E-state index contributed by atoms with van der Waals surface area (Å²) in [6.07, 6.45) is 0. The molecule has 0 fully saturated rings. The van der Waals surface area contributed by atoms with Gasteiger partial charge in [0.25, 0.3) is 0 Å². The van der Waals surface area contributed by atoms with Crippen molar-refractivity contribution in [2.45, 2.75) is 0 Å². The summed E-state index contributed by atoms with van der Waals surface area (Å²) < 4.78 is 0. The predicted molar refractivity (Wildman–Crippen MR) is 19.9 cm³/mol. The Labute approximate surface area is 69.9 Å². The zero-order chi connectivity index (χ0) is 2.00. The average Bonchev–Trinajstić information content (AvgIpc) is 1.00. The molecule has 0 bridgehead atoms. The van der Waals surface area contributed by atoms with Crippen molar-refractivity contribution >= 4 is 59.1 Å². The molecule has 0 atom stereocenters. The minimum absolute atomic E-state index is 0. The van der Waals surface area contributed by atoms with Crippen LogP contribution in [0.1, 0.15) is 0 Å². The first-order valence-corrected chi connectivity index (χ1v) is 0.333. The average molecular weight is 78.0 g/mol. The Kier molecular flexibility index (Phi) is 86.2. The Balaban J connectivity index is -0.00000000500. The van der Waals surface area contributed by atoms with Crippen LogP contribution in [-0.2, 0) is 0 Å². The first-order valence-electron chi connectivity index (χ1n) is 0.333. The van der Waals surface area contributed by atoms with Crippen LogP contribution in [0.3, 0.4) is 0 Å². The maximum Gasteiger partial charge on any atom is 0 e. The molecule has 0 spiro atoms. The number of hydrogen-bond donors (Lipinski definition) is 2. The summed E-state index contributed by atoms with van der Waals surface area (Å²) in [5.74, 6) is 8.00. The van der Waals surface area contributed by atoms with Gasteiger partial charge in [0.1, 0.15) is 0 Å². The second-order valence-electron chi connectivity index (χ2n) is 0. The van der Waals surface area contributed by atoms with Gasteiger partial charge in [-0.2, -0.15) is 0 Å². The van der Waals surface area contributed by atoms with Crippen molar-refractivity contribution in [3.05, 3.63) is 0 Å². The number of rotatable bonds is 0. The molecule has 2 nitrogen and oxygen atoms in total. The van der Waals surface area contributed by atoms with E-state index in [9.17, 15) is 0 Å². The van der Waals surface area contributed by atoms with Gasteiger partial charge in [-0.05, 0) is 0 Å². The summed E-state index contributed by atoms with van der Waals surface area (Å²) >= 11 is 0. The third kappa shape index (κ3) is 9.07. The Morgan fingerprint density at radius 2 is 0.750 bits per heavy atom. The molecule has 0 rings (SSSR count). The van der Waals surface area contributed by atoms with Crippen molar-refractivity contribution < 1.29 is 0 Å². The molecule has 4 N–H and O–H groups in total. The fraction of sp³-hybridized carbons (Fsp3) is 0. The van der Waals surface area contributed by atoms with Gasteiger partial charge >= 0.3 is 0 Å². The van der Waals surface area contributed by atoms with Crippen molar-refractivity contribution in [2.75, 3.05) is 0 Å². The summed E-state index contributed by atoms with van der Waals surface area (Å²) in [5, 5.41) is 0. The summed E-state index contributed by atoms with van der Waals surface area (Å²) in [6.45, 7) is 0. The maximum absolute atomic E-state index is 4.00. The SMILES string of the molecule is NN.[Na].[Na]. The fourth-order valence-electron chi connectivity index (χ4n) is 0. The van der Waals surface area contributed by atoms with E-state index < -0.39 is 0 Å². The molecule has 0 saturated carbocycles. The quantitative estimate of drug-likeness (QED) is 0.201. The van der Waals surface area contributed by atoms with Crippen LogP contribution >= 0.6 is 0 Å². The fourth-order valence-corrected chi connectivity index (χ4v) is 0. The van der Waals surface area contributed by atoms with Gasteiger partial charge in [0, 0.05) is 59.1 Å². The van der Waals surface area contributed by atoms with E-state index in [0.717, 1.165) is 0 Å². The van der Waals surface area contributed by atoms with Gasteiger partial charge < -0.3 is 0 Å². The number of hydrazine groups is 1. The van der Waals surface area contributed by atoms with E-state index in [2.05, 4.69) is 11.7 Å². The Morgan fingerprint density at radius 3 is 0.750 bits per heavy atom. The summed E-state index contributed by atoms with van der Waals surface area (Å²) in [5.41, 5.74) is 0. The molecule has 0 amide bonds. The topological polar surface area (TPSA) is 52.0 Å². The standard InChI is InChI=1S/H4N2.2Na/c1-2;;/h1-2H2;;. The van der Waals surface area contributed by atoms with E-state index in [1.165, 1.54) is 0 Å². The molecule has 0 aromatic rings. The van der Waals surface area contributed by atoms with E-state index in [1.54, 1.807) is 0 Å². The Hall–Kier alpha value is 1.92. The third-order valence-electron chi connectivity index (χ3n) is 0. The first kappa shape index (κ1) is 16.8. The van der Waals surface area contributed by atoms with E-state index in [1.807, 2.05) is 0 Å². The molecule has 0 unspecified atom stereocenters. The zero-order valence-electron chi connectivity index (χ0n) is 3.15. The molecule has 4 heteroatoms. The summed E-state index contributed by atoms with van der Waals surface area (Å²) in [7, 11) is 0. The molecule has 0 aromatic heterocycles. The molecule has 16 valence electrons. The minimum Gasteiger partial charge on any atom is -0.274 e. The molecule has 0 aliphatic heterocycles. The summed E-state index contributed by atoms with van der Waals surface area (Å²) in [6, 6.07) is 0. The van der Waals surface area contributed by atoms with E-state index >= 15 is 0 Å². The molecule has 2 radical (unpaired) electrons. The van der Waals surface area contributed by atoms with Gasteiger partial charge in [-0.1, -0.05) is 0 Å². The zero-order valence-corrected chi connectivity index (χ0v) is 7.15. The second-order valence-corrected chi connectivity index (χ2v) is 0. The van der Waals surface area contributed by atoms with Crippen LogP contribution < -0.4 is 11.7 Å². The monoisotopic (exact) mass is 78.0 g/mol.